The Morgan fingerprint density at radius 2 is 2.26 bits per heavy atom. The van der Waals surface area contributed by atoms with Gasteiger partial charge in [0, 0.05) is 5.56 Å². The molecule has 0 fully saturated rings. The van der Waals surface area contributed by atoms with Crippen LogP contribution in [-0.4, -0.2) is 20.2 Å². The first-order valence-electron chi connectivity index (χ1n) is 6.90. The van der Waals surface area contributed by atoms with E-state index in [9.17, 15) is 0 Å². The van der Waals surface area contributed by atoms with Crippen LogP contribution in [0.15, 0.2) is 30.5 Å². The van der Waals surface area contributed by atoms with Crippen molar-refractivity contribution in [2.24, 2.45) is 5.73 Å². The summed E-state index contributed by atoms with van der Waals surface area (Å²) in [4.78, 5) is 0. The summed E-state index contributed by atoms with van der Waals surface area (Å²) in [6.45, 7) is 5.03. The summed E-state index contributed by atoms with van der Waals surface area (Å²) in [5.41, 5.74) is 9.82. The van der Waals surface area contributed by atoms with Crippen molar-refractivity contribution in [2.45, 2.75) is 32.6 Å². The molecule has 0 amide bonds. The van der Waals surface area contributed by atoms with Crippen LogP contribution in [0.3, 0.4) is 0 Å². The van der Waals surface area contributed by atoms with Crippen LogP contribution in [0.25, 0.3) is 0 Å². The lowest BCUT2D eigenvalue weighted by molar-refractivity contribution is 0.720. The van der Waals surface area contributed by atoms with Crippen LogP contribution in [0.2, 0.25) is 0 Å². The van der Waals surface area contributed by atoms with E-state index in [2.05, 4.69) is 25.1 Å². The highest BCUT2D eigenvalue weighted by atomic mass is 14.7. The van der Waals surface area contributed by atoms with Crippen LogP contribution in [0.1, 0.15) is 42.9 Å². The molecule has 0 aliphatic carbocycles. The molecule has 0 heterocycles. The van der Waals surface area contributed by atoms with Crippen molar-refractivity contribution in [1.82, 2.24) is 5.23 Å². The molecule has 3 nitrogen and oxygen atoms in total. The van der Waals surface area contributed by atoms with Gasteiger partial charge in [-0.05, 0) is 48.7 Å². The molecular weight excluding hydrogens is 233 g/mol. The summed E-state index contributed by atoms with van der Waals surface area (Å²) in [6, 6.07) is 6.22. The lowest BCUT2D eigenvalue weighted by atomic mass is 9.87. The van der Waals surface area contributed by atoms with Crippen molar-refractivity contribution >= 4 is 13.7 Å². The van der Waals surface area contributed by atoms with E-state index >= 15 is 0 Å². The summed E-state index contributed by atoms with van der Waals surface area (Å²) in [6.07, 6.45) is 5.49. The fourth-order valence-corrected chi connectivity index (χ4v) is 2.22. The van der Waals surface area contributed by atoms with Crippen molar-refractivity contribution in [3.8, 4) is 0 Å². The summed E-state index contributed by atoms with van der Waals surface area (Å²) in [7, 11) is 1.83. The van der Waals surface area contributed by atoms with E-state index in [1.165, 1.54) is 11.1 Å². The predicted molar refractivity (Wildman–Crippen MR) is 85.6 cm³/mol. The average Bonchev–Trinajstić information content (AvgIpc) is 2.44. The molecule has 1 unspecified atom stereocenters. The monoisotopic (exact) mass is 257 g/mol. The Labute approximate surface area is 117 Å². The molecule has 1 aromatic rings. The third-order valence-electron chi connectivity index (χ3n) is 3.46. The van der Waals surface area contributed by atoms with E-state index in [0.29, 0.717) is 18.2 Å². The second-order valence-corrected chi connectivity index (χ2v) is 4.76. The normalized spacial score (nSPS) is 12.6. The lowest BCUT2D eigenvalue weighted by Gasteiger charge is -2.18. The molecule has 4 N–H and O–H groups in total. The molecule has 0 radical (unpaired) electrons. The molecule has 1 aromatic carbocycles. The zero-order chi connectivity index (χ0) is 14.3. The van der Waals surface area contributed by atoms with E-state index in [1.54, 1.807) is 12.3 Å². The van der Waals surface area contributed by atoms with E-state index in [-0.39, 0.29) is 0 Å². The molecule has 0 saturated carbocycles. The van der Waals surface area contributed by atoms with Gasteiger partial charge in [-0.1, -0.05) is 32.0 Å². The summed E-state index contributed by atoms with van der Waals surface area (Å²) < 4.78 is 0. The van der Waals surface area contributed by atoms with Gasteiger partial charge in [0.15, 0.2) is 0 Å². The van der Waals surface area contributed by atoms with Gasteiger partial charge in [0.25, 0.3) is 0 Å². The quantitative estimate of drug-likeness (QED) is 0.514. The molecule has 0 aliphatic rings. The number of nitrogens with one attached hydrogen (secondary N) is 2. The lowest BCUT2D eigenvalue weighted by Crippen LogP contribution is -2.12. The van der Waals surface area contributed by atoms with E-state index in [4.69, 9.17) is 11.1 Å². The summed E-state index contributed by atoms with van der Waals surface area (Å²) in [5.74, 6) is 0.502. The van der Waals surface area contributed by atoms with Crippen molar-refractivity contribution in [3.05, 3.63) is 47.2 Å². The summed E-state index contributed by atoms with van der Waals surface area (Å²) in [5, 5.41) is 11.1. The SMILES string of the molecule is BN/C=C\C(=N)c1cccc(C(C)CC)c1CCN. The van der Waals surface area contributed by atoms with E-state index in [1.807, 2.05) is 20.1 Å². The number of allylic oxidation sites excluding steroid dienone is 1. The van der Waals surface area contributed by atoms with Gasteiger partial charge >= 0.3 is 0 Å². The van der Waals surface area contributed by atoms with Gasteiger partial charge in [-0.15, -0.1) is 0 Å². The molecule has 0 bridgehead atoms. The third-order valence-corrected chi connectivity index (χ3v) is 3.46. The second kappa shape index (κ2) is 7.79. The molecule has 102 valence electrons. The molecule has 4 heteroatoms. The Bertz CT molecular complexity index is 455. The van der Waals surface area contributed by atoms with Crippen molar-refractivity contribution in [2.75, 3.05) is 6.54 Å². The van der Waals surface area contributed by atoms with Crippen LogP contribution < -0.4 is 11.0 Å². The van der Waals surface area contributed by atoms with Crippen LogP contribution in [0.4, 0.5) is 0 Å². The Balaban J connectivity index is 3.23. The van der Waals surface area contributed by atoms with Gasteiger partial charge in [-0.2, -0.15) is 0 Å². The highest BCUT2D eigenvalue weighted by Crippen LogP contribution is 2.26. The minimum absolute atomic E-state index is 0.502. The van der Waals surface area contributed by atoms with Gasteiger partial charge in [0.2, 0.25) is 7.98 Å². The van der Waals surface area contributed by atoms with Crippen molar-refractivity contribution in [1.29, 1.82) is 5.41 Å². The minimum Gasteiger partial charge on any atom is -0.440 e. The molecule has 0 aliphatic heterocycles. The fraction of sp³-hybridized carbons (Fsp3) is 0.400. The first-order chi connectivity index (χ1) is 9.15. The highest BCUT2D eigenvalue weighted by molar-refractivity contribution is 6.09. The Morgan fingerprint density at radius 3 is 2.84 bits per heavy atom. The molecular formula is C15H24BN3. The van der Waals surface area contributed by atoms with Gasteiger partial charge in [0.05, 0.1) is 5.71 Å². The van der Waals surface area contributed by atoms with Crippen LogP contribution >= 0.6 is 0 Å². The third kappa shape index (κ3) is 3.96. The van der Waals surface area contributed by atoms with Gasteiger partial charge < -0.3 is 16.4 Å². The minimum atomic E-state index is 0.502. The second-order valence-electron chi connectivity index (χ2n) is 4.76. The molecule has 19 heavy (non-hydrogen) atoms. The first-order valence-corrected chi connectivity index (χ1v) is 6.90. The first kappa shape index (κ1) is 15.5. The smallest absolute Gasteiger partial charge is 0.213 e. The zero-order valence-electron chi connectivity index (χ0n) is 12.2. The maximum absolute atomic E-state index is 8.18. The highest BCUT2D eigenvalue weighted by Gasteiger charge is 2.13. The zero-order valence-corrected chi connectivity index (χ0v) is 12.2. The number of hydrogen-bond acceptors (Lipinski definition) is 3. The predicted octanol–water partition coefficient (Wildman–Crippen LogP) is 1.72. The maximum atomic E-state index is 8.18. The van der Waals surface area contributed by atoms with Crippen LogP contribution in [-0.2, 0) is 6.42 Å². The van der Waals surface area contributed by atoms with Gasteiger partial charge in [-0.3, -0.25) is 0 Å². The van der Waals surface area contributed by atoms with Gasteiger partial charge in [0.1, 0.15) is 0 Å². The number of nitrogens with two attached hydrogens (primary N) is 1. The average molecular weight is 257 g/mol. The summed E-state index contributed by atoms with van der Waals surface area (Å²) >= 11 is 0. The number of rotatable bonds is 7. The van der Waals surface area contributed by atoms with Crippen LogP contribution in [0, 0.1) is 5.41 Å². The largest absolute Gasteiger partial charge is 0.440 e. The Kier molecular flexibility index (Phi) is 6.36. The standard InChI is InChI=1S/C15H24BN3/c1-3-11(2)12-5-4-6-14(13(12)7-9-17)15(18)8-10-19-16/h4-6,8,10-11,18-19H,3,7,9,16-17H2,1-2H3/b10-8-,18-15?. The topological polar surface area (TPSA) is 61.9 Å². The molecule has 1 atom stereocenters. The van der Waals surface area contributed by atoms with E-state index in [0.717, 1.165) is 18.4 Å². The van der Waals surface area contributed by atoms with E-state index < -0.39 is 0 Å². The number of hydrogen-bond donors (Lipinski definition) is 3. The molecule has 0 saturated heterocycles. The van der Waals surface area contributed by atoms with Gasteiger partial charge in [-0.25, -0.2) is 0 Å². The van der Waals surface area contributed by atoms with Crippen molar-refractivity contribution in [3.63, 3.8) is 0 Å². The Hall–Kier alpha value is -1.55. The van der Waals surface area contributed by atoms with Crippen molar-refractivity contribution < 1.29 is 0 Å². The molecule has 0 aromatic heterocycles. The van der Waals surface area contributed by atoms with Crippen LogP contribution in [0.5, 0.6) is 0 Å². The fourth-order valence-electron chi connectivity index (χ4n) is 2.22. The number of benzene rings is 1. The molecule has 1 rings (SSSR count). The maximum Gasteiger partial charge on any atom is 0.213 e. The molecule has 0 spiro atoms. The Morgan fingerprint density at radius 1 is 1.53 bits per heavy atom.